The fraction of sp³-hybridized carbons (Fsp3) is 0.333. The van der Waals surface area contributed by atoms with Crippen LogP contribution in [0.25, 0.3) is 0 Å². The quantitative estimate of drug-likeness (QED) is 0.814. The molecule has 6 heteroatoms. The molecule has 0 bridgehead atoms. The zero-order valence-corrected chi connectivity index (χ0v) is 16.2. The van der Waals surface area contributed by atoms with Crippen LogP contribution >= 0.6 is 0 Å². The van der Waals surface area contributed by atoms with Crippen LogP contribution in [-0.4, -0.2) is 48.3 Å². The molecule has 2 aromatic rings. The van der Waals surface area contributed by atoms with Crippen LogP contribution < -0.4 is 5.32 Å². The number of rotatable bonds is 7. The highest BCUT2D eigenvalue weighted by atomic mass is 19.1. The highest BCUT2D eigenvalue weighted by molar-refractivity contribution is 5.95. The molecule has 1 atom stereocenters. The third kappa shape index (κ3) is 6.18. The van der Waals surface area contributed by atoms with Crippen molar-refractivity contribution < 1.29 is 14.0 Å². The van der Waals surface area contributed by atoms with Crippen LogP contribution in [0.4, 0.5) is 10.1 Å². The van der Waals surface area contributed by atoms with Crippen molar-refractivity contribution in [3.8, 4) is 0 Å². The van der Waals surface area contributed by atoms with Gasteiger partial charge in [-0.1, -0.05) is 29.8 Å². The number of nitrogens with zero attached hydrogens (tertiary/aromatic N) is 2. The summed E-state index contributed by atoms with van der Waals surface area (Å²) in [6.07, 6.45) is 0. The van der Waals surface area contributed by atoms with E-state index in [1.54, 1.807) is 27.1 Å². The Hall–Kier alpha value is -2.73. The highest BCUT2D eigenvalue weighted by Gasteiger charge is 2.23. The molecular weight excluding hydrogens is 345 g/mol. The summed E-state index contributed by atoms with van der Waals surface area (Å²) in [7, 11) is 3.40. The minimum atomic E-state index is -0.439. The molecule has 0 heterocycles. The Kier molecular flexibility index (Phi) is 7.07. The van der Waals surface area contributed by atoms with Gasteiger partial charge in [0.15, 0.2) is 0 Å². The molecule has 27 heavy (non-hydrogen) atoms. The van der Waals surface area contributed by atoms with Crippen molar-refractivity contribution in [3.63, 3.8) is 0 Å². The van der Waals surface area contributed by atoms with Crippen LogP contribution in [0.15, 0.2) is 48.5 Å². The van der Waals surface area contributed by atoms with E-state index in [0.29, 0.717) is 12.2 Å². The van der Waals surface area contributed by atoms with Gasteiger partial charge in [-0.05, 0) is 50.7 Å². The second kappa shape index (κ2) is 9.28. The summed E-state index contributed by atoms with van der Waals surface area (Å²) in [6.45, 7) is 4.15. The Labute approximate surface area is 159 Å². The van der Waals surface area contributed by atoms with Crippen LogP contribution in [-0.2, 0) is 16.1 Å². The summed E-state index contributed by atoms with van der Waals surface area (Å²) < 4.78 is 13.3. The maximum absolute atomic E-state index is 13.3. The van der Waals surface area contributed by atoms with E-state index in [0.717, 1.165) is 11.1 Å². The van der Waals surface area contributed by atoms with E-state index in [9.17, 15) is 14.0 Å². The predicted octanol–water partition coefficient (Wildman–Crippen LogP) is 3.05. The van der Waals surface area contributed by atoms with Crippen molar-refractivity contribution in [3.05, 3.63) is 65.5 Å². The number of carbonyl (C=O) groups excluding carboxylic acids is 2. The Morgan fingerprint density at radius 1 is 1.11 bits per heavy atom. The number of nitrogens with one attached hydrogen (secondary N) is 1. The number of amides is 2. The Bertz CT molecular complexity index is 792. The first-order valence-electron chi connectivity index (χ1n) is 8.82. The van der Waals surface area contributed by atoms with Gasteiger partial charge in [0.2, 0.25) is 11.8 Å². The molecule has 1 unspecified atom stereocenters. The highest BCUT2D eigenvalue weighted by Crippen LogP contribution is 2.11. The van der Waals surface area contributed by atoms with E-state index in [-0.39, 0.29) is 24.2 Å². The molecule has 0 aliphatic rings. The maximum Gasteiger partial charge on any atom is 0.243 e. The lowest BCUT2D eigenvalue weighted by Crippen LogP contribution is -2.46. The van der Waals surface area contributed by atoms with Crippen LogP contribution in [0, 0.1) is 12.7 Å². The summed E-state index contributed by atoms with van der Waals surface area (Å²) in [5.41, 5.74) is 2.59. The van der Waals surface area contributed by atoms with Gasteiger partial charge in [-0.25, -0.2) is 4.39 Å². The average molecular weight is 371 g/mol. The summed E-state index contributed by atoms with van der Waals surface area (Å²) >= 11 is 0. The summed E-state index contributed by atoms with van der Waals surface area (Å²) in [4.78, 5) is 28.0. The van der Waals surface area contributed by atoms with Crippen molar-refractivity contribution in [1.29, 1.82) is 0 Å². The van der Waals surface area contributed by atoms with Crippen molar-refractivity contribution in [2.45, 2.75) is 26.4 Å². The lowest BCUT2D eigenvalue weighted by atomic mass is 10.1. The standard InChI is InChI=1S/C21H26FN3O2/c1-15-8-10-19(11-9-15)23-20(26)14-25(4)21(27)16(2)24(3)13-17-6-5-7-18(22)12-17/h5-12,16H,13-14H2,1-4H3,(H,23,26). The number of hydrogen-bond acceptors (Lipinski definition) is 3. The number of benzene rings is 2. The fourth-order valence-electron chi connectivity index (χ4n) is 2.70. The van der Waals surface area contributed by atoms with Crippen molar-refractivity contribution in [2.75, 3.05) is 26.0 Å². The first-order valence-corrected chi connectivity index (χ1v) is 8.82. The smallest absolute Gasteiger partial charge is 0.243 e. The maximum atomic E-state index is 13.3. The second-order valence-corrected chi connectivity index (χ2v) is 6.83. The first kappa shape index (κ1) is 20.6. The third-order valence-corrected chi connectivity index (χ3v) is 4.43. The van der Waals surface area contributed by atoms with Crippen molar-refractivity contribution in [2.24, 2.45) is 0 Å². The molecule has 0 aromatic heterocycles. The number of hydrogen-bond donors (Lipinski definition) is 1. The van der Waals surface area contributed by atoms with Crippen LogP contribution in [0.3, 0.4) is 0 Å². The van der Waals surface area contributed by atoms with Crippen LogP contribution in [0.5, 0.6) is 0 Å². The van der Waals surface area contributed by atoms with Gasteiger partial charge in [0.05, 0.1) is 12.6 Å². The zero-order valence-electron chi connectivity index (χ0n) is 16.2. The summed E-state index contributed by atoms with van der Waals surface area (Å²) in [6, 6.07) is 13.3. The topological polar surface area (TPSA) is 52.7 Å². The zero-order chi connectivity index (χ0) is 20.0. The summed E-state index contributed by atoms with van der Waals surface area (Å²) in [5, 5.41) is 2.78. The van der Waals surface area contributed by atoms with Gasteiger partial charge >= 0.3 is 0 Å². The van der Waals surface area contributed by atoms with E-state index >= 15 is 0 Å². The predicted molar refractivity (Wildman–Crippen MR) is 105 cm³/mol. The number of anilines is 1. The van der Waals surface area contributed by atoms with E-state index in [1.165, 1.54) is 17.0 Å². The van der Waals surface area contributed by atoms with Gasteiger partial charge in [0.1, 0.15) is 5.82 Å². The molecule has 0 saturated carbocycles. The number of halogens is 1. The number of likely N-dealkylation sites (N-methyl/N-ethyl adjacent to an activating group) is 2. The molecule has 2 aromatic carbocycles. The van der Waals surface area contributed by atoms with Gasteiger partial charge < -0.3 is 10.2 Å². The SMILES string of the molecule is Cc1ccc(NC(=O)CN(C)C(=O)C(C)N(C)Cc2cccc(F)c2)cc1. The molecule has 1 N–H and O–H groups in total. The van der Waals surface area contributed by atoms with Gasteiger partial charge in [-0.2, -0.15) is 0 Å². The van der Waals surface area contributed by atoms with Gasteiger partial charge in [0, 0.05) is 19.3 Å². The average Bonchev–Trinajstić information content (AvgIpc) is 2.62. The number of carbonyl (C=O) groups is 2. The largest absolute Gasteiger partial charge is 0.335 e. The molecule has 0 aliphatic heterocycles. The molecule has 5 nitrogen and oxygen atoms in total. The molecule has 0 spiro atoms. The number of aryl methyl sites for hydroxylation is 1. The van der Waals surface area contributed by atoms with E-state index < -0.39 is 6.04 Å². The van der Waals surface area contributed by atoms with Crippen LogP contribution in [0.1, 0.15) is 18.1 Å². The monoisotopic (exact) mass is 371 g/mol. The molecule has 0 aliphatic carbocycles. The van der Waals surface area contributed by atoms with Crippen LogP contribution in [0.2, 0.25) is 0 Å². The Morgan fingerprint density at radius 3 is 2.41 bits per heavy atom. The van der Waals surface area contributed by atoms with E-state index in [1.807, 2.05) is 42.2 Å². The normalized spacial score (nSPS) is 11.9. The molecule has 144 valence electrons. The van der Waals surface area contributed by atoms with Gasteiger partial charge in [-0.3, -0.25) is 14.5 Å². The molecular formula is C21H26FN3O2. The van der Waals surface area contributed by atoms with Crippen molar-refractivity contribution >= 4 is 17.5 Å². The lowest BCUT2D eigenvalue weighted by Gasteiger charge is -2.28. The molecule has 0 fully saturated rings. The lowest BCUT2D eigenvalue weighted by molar-refractivity contribution is -0.137. The Balaban J connectivity index is 1.88. The van der Waals surface area contributed by atoms with Gasteiger partial charge in [-0.15, -0.1) is 0 Å². The first-order chi connectivity index (χ1) is 12.8. The minimum Gasteiger partial charge on any atom is -0.335 e. The van der Waals surface area contributed by atoms with E-state index in [4.69, 9.17) is 0 Å². The molecule has 2 amide bonds. The minimum absolute atomic E-state index is 0.0369. The van der Waals surface area contributed by atoms with Gasteiger partial charge in [0.25, 0.3) is 0 Å². The van der Waals surface area contributed by atoms with Crippen molar-refractivity contribution in [1.82, 2.24) is 9.80 Å². The Morgan fingerprint density at radius 2 is 1.78 bits per heavy atom. The third-order valence-electron chi connectivity index (χ3n) is 4.43. The molecule has 0 radical (unpaired) electrons. The summed E-state index contributed by atoms with van der Waals surface area (Å²) in [5.74, 6) is -0.729. The van der Waals surface area contributed by atoms with E-state index in [2.05, 4.69) is 5.32 Å². The fourth-order valence-corrected chi connectivity index (χ4v) is 2.70. The molecule has 2 rings (SSSR count). The second-order valence-electron chi connectivity index (χ2n) is 6.83. The molecule has 0 saturated heterocycles.